The van der Waals surface area contributed by atoms with Crippen molar-refractivity contribution in [3.8, 4) is 28.9 Å². The van der Waals surface area contributed by atoms with E-state index < -0.39 is 5.91 Å². The maximum atomic E-state index is 12.1. The van der Waals surface area contributed by atoms with E-state index in [1.54, 1.807) is 37.2 Å². The summed E-state index contributed by atoms with van der Waals surface area (Å²) in [7, 11) is 0. The van der Waals surface area contributed by atoms with E-state index in [0.717, 1.165) is 73.9 Å². The Morgan fingerprint density at radius 3 is 1.55 bits per heavy atom. The number of nitrogens with zero attached hydrogens (tertiary/aromatic N) is 5. The summed E-state index contributed by atoms with van der Waals surface area (Å²) in [6.07, 6.45) is 17.2. The lowest BCUT2D eigenvalue weighted by Gasteiger charge is -2.57. The molecule has 10 rings (SSSR count). The number of benzene rings is 4. The highest BCUT2D eigenvalue weighted by atomic mass is 16.6. The van der Waals surface area contributed by atoms with Crippen molar-refractivity contribution < 1.29 is 33.3 Å². The lowest BCUT2D eigenvalue weighted by atomic mass is 9.53. The number of aromatic nitrogens is 4. The first-order chi connectivity index (χ1) is 31.6. The monoisotopic (exact) mass is 874 g/mol. The summed E-state index contributed by atoms with van der Waals surface area (Å²) < 4.78 is 26.7. The van der Waals surface area contributed by atoms with Crippen LogP contribution in [-0.4, -0.2) is 61.5 Å². The third-order valence-corrected chi connectivity index (χ3v) is 12.9. The number of nitrogens with two attached hydrogens (primary N) is 1. The van der Waals surface area contributed by atoms with Gasteiger partial charge in [0.25, 0.3) is 5.91 Å². The summed E-state index contributed by atoms with van der Waals surface area (Å²) in [5.41, 5.74) is 10.6. The topological polar surface area (TPSA) is 198 Å². The van der Waals surface area contributed by atoms with Gasteiger partial charge >= 0.3 is 12.2 Å². The second-order valence-corrected chi connectivity index (χ2v) is 17.7. The second kappa shape index (κ2) is 18.6. The molecule has 0 bridgehead atoms. The van der Waals surface area contributed by atoms with E-state index in [9.17, 15) is 19.6 Å². The Kier molecular flexibility index (Phi) is 12.2. The van der Waals surface area contributed by atoms with Crippen molar-refractivity contribution in [3.63, 3.8) is 0 Å². The summed E-state index contributed by atoms with van der Waals surface area (Å²) in [4.78, 5) is 44.1. The van der Waals surface area contributed by atoms with Crippen LogP contribution in [0.5, 0.6) is 11.5 Å². The van der Waals surface area contributed by atoms with Crippen molar-refractivity contribution in [3.05, 3.63) is 157 Å². The molecule has 0 saturated heterocycles. The number of nitriles is 1. The first kappa shape index (κ1) is 42.7. The van der Waals surface area contributed by atoms with E-state index in [1.165, 1.54) is 0 Å². The van der Waals surface area contributed by atoms with Gasteiger partial charge in [-0.1, -0.05) is 60.7 Å². The molecule has 0 unspecified atom stereocenters. The summed E-state index contributed by atoms with van der Waals surface area (Å²) >= 11 is 0. The molecule has 0 radical (unpaired) electrons. The molecule has 2 heterocycles. The lowest BCUT2D eigenvalue weighted by Crippen LogP contribution is -2.58. The zero-order valence-corrected chi connectivity index (χ0v) is 35.8. The predicted molar refractivity (Wildman–Crippen MR) is 238 cm³/mol. The predicted octanol–water partition coefficient (Wildman–Crippen LogP) is 7.95. The smallest absolute Gasteiger partial charge is 0.407 e. The Bertz CT molecular complexity index is 2620. The van der Waals surface area contributed by atoms with E-state index in [4.69, 9.17) is 24.7 Å². The molecule has 15 heteroatoms. The van der Waals surface area contributed by atoms with Crippen LogP contribution in [0.1, 0.15) is 78.4 Å². The minimum Gasteiger partial charge on any atom is -0.489 e. The lowest BCUT2D eigenvalue weighted by molar-refractivity contribution is -0.0848. The minimum atomic E-state index is -0.516. The zero-order chi connectivity index (χ0) is 44.8. The fourth-order valence-corrected chi connectivity index (χ4v) is 9.70. The van der Waals surface area contributed by atoms with Crippen molar-refractivity contribution in [1.82, 2.24) is 29.7 Å². The number of ether oxygens (including phenoxy) is 4. The van der Waals surface area contributed by atoms with E-state index in [0.29, 0.717) is 22.6 Å². The van der Waals surface area contributed by atoms with Gasteiger partial charge in [-0.2, -0.15) is 5.26 Å². The molecule has 4 aliphatic rings. The van der Waals surface area contributed by atoms with Crippen LogP contribution in [0.15, 0.2) is 135 Å². The van der Waals surface area contributed by atoms with Crippen LogP contribution in [-0.2, 0) is 22.7 Å². The number of imidazole rings is 2. The molecule has 0 atom stereocenters. The van der Waals surface area contributed by atoms with Crippen LogP contribution in [0, 0.1) is 22.2 Å². The quantitative estimate of drug-likeness (QED) is 0.102. The number of hydrogen-bond donors (Lipinski definition) is 3. The van der Waals surface area contributed by atoms with Gasteiger partial charge in [-0.15, -0.1) is 0 Å². The number of amides is 3. The van der Waals surface area contributed by atoms with Crippen molar-refractivity contribution in [2.75, 3.05) is 0 Å². The molecule has 15 nitrogen and oxygen atoms in total. The van der Waals surface area contributed by atoms with E-state index >= 15 is 0 Å². The third kappa shape index (κ3) is 10.1. The first-order valence-corrected chi connectivity index (χ1v) is 21.8. The SMILES string of the molecule is N#Cc1ccc(-n2ccnc2)cc1OC1CC2(CC(NC(=O)OCc3ccccc3)C2)C1.NC(=O)c1ccc(-n2ccnc2)cc1OC1CC2(CC(NC(=O)OCc3ccccc3)C2)C1. The fraction of sp³-hybridized carbons (Fsp3) is 0.320. The van der Waals surface area contributed by atoms with Gasteiger partial charge in [0, 0.05) is 49.0 Å². The number of nitrogens with one attached hydrogen (secondary N) is 2. The summed E-state index contributed by atoms with van der Waals surface area (Å²) in [6.45, 7) is 0.542. The molecule has 2 aromatic heterocycles. The number of primary amides is 1. The van der Waals surface area contributed by atoms with E-state index in [1.807, 2.05) is 106 Å². The fourth-order valence-electron chi connectivity index (χ4n) is 9.70. The van der Waals surface area contributed by atoms with Crippen molar-refractivity contribution in [2.45, 2.75) is 88.9 Å². The Balaban J connectivity index is 0.000000164. The van der Waals surface area contributed by atoms with Gasteiger partial charge in [-0.3, -0.25) is 4.79 Å². The van der Waals surface area contributed by atoms with Crippen LogP contribution in [0.2, 0.25) is 0 Å². The molecule has 4 aromatic carbocycles. The van der Waals surface area contributed by atoms with Gasteiger partial charge in [0.15, 0.2) is 0 Å². The summed E-state index contributed by atoms with van der Waals surface area (Å²) in [5, 5.41) is 15.3. The molecule has 65 heavy (non-hydrogen) atoms. The molecule has 2 spiro atoms. The molecule has 4 N–H and O–H groups in total. The highest BCUT2D eigenvalue weighted by molar-refractivity contribution is 5.96. The molecule has 3 amide bonds. The van der Waals surface area contributed by atoms with Crippen LogP contribution in [0.4, 0.5) is 9.59 Å². The van der Waals surface area contributed by atoms with Crippen LogP contribution < -0.4 is 25.8 Å². The average Bonchev–Trinajstić information content (AvgIpc) is 4.02. The summed E-state index contributed by atoms with van der Waals surface area (Å²) in [6, 6.07) is 32.6. The molecule has 6 aromatic rings. The first-order valence-electron chi connectivity index (χ1n) is 21.8. The maximum Gasteiger partial charge on any atom is 0.407 e. The van der Waals surface area contributed by atoms with Crippen molar-refractivity contribution in [2.24, 2.45) is 16.6 Å². The second-order valence-electron chi connectivity index (χ2n) is 17.7. The Labute approximate surface area is 376 Å². The molecule has 4 aliphatic carbocycles. The standard InChI is InChI=1S/C25H26N4O4.C25H24N4O3/c26-23(30)21-7-6-19(29-9-8-27-16-29)10-22(21)33-20-13-25(14-20)11-18(12-25)28-24(31)32-15-17-4-2-1-3-5-17;26-15-19-6-7-21(29-9-8-27-17-29)10-23(19)32-22-13-25(14-22)11-20(12-25)28-24(30)31-16-18-4-2-1-3-5-18/h1-10,16,18,20H,11-15H2,(H2,26,30)(H,28,31);1-10,17,20,22H,11-14,16H2,(H,28,30). The zero-order valence-electron chi connectivity index (χ0n) is 35.8. The molecular formula is C50H50N8O7. The Hall–Kier alpha value is -7.60. The number of carbonyl (C=O) groups is 3. The largest absolute Gasteiger partial charge is 0.489 e. The van der Waals surface area contributed by atoms with Crippen LogP contribution in [0.3, 0.4) is 0 Å². The number of alkyl carbamates (subject to hydrolysis) is 2. The third-order valence-electron chi connectivity index (χ3n) is 12.9. The van der Waals surface area contributed by atoms with Gasteiger partial charge in [-0.25, -0.2) is 19.6 Å². The number of carbonyl (C=O) groups excluding carboxylic acids is 3. The van der Waals surface area contributed by atoms with Crippen molar-refractivity contribution >= 4 is 18.1 Å². The van der Waals surface area contributed by atoms with Crippen LogP contribution >= 0.6 is 0 Å². The molecule has 4 fully saturated rings. The van der Waals surface area contributed by atoms with E-state index in [-0.39, 0.29) is 60.5 Å². The Morgan fingerprint density at radius 1 is 0.646 bits per heavy atom. The van der Waals surface area contributed by atoms with Gasteiger partial charge < -0.3 is 44.4 Å². The minimum absolute atomic E-state index is 0.0205. The van der Waals surface area contributed by atoms with Gasteiger partial charge in [0.05, 0.1) is 47.4 Å². The molecule has 332 valence electrons. The summed E-state index contributed by atoms with van der Waals surface area (Å²) in [5.74, 6) is 0.585. The van der Waals surface area contributed by atoms with Crippen molar-refractivity contribution in [1.29, 1.82) is 5.26 Å². The maximum absolute atomic E-state index is 12.1. The highest BCUT2D eigenvalue weighted by Gasteiger charge is 2.55. The number of rotatable bonds is 13. The average molecular weight is 875 g/mol. The normalized spacial score (nSPS) is 23.4. The highest BCUT2D eigenvalue weighted by Crippen LogP contribution is 2.58. The molecule has 0 aliphatic heterocycles. The number of hydrogen-bond acceptors (Lipinski definition) is 10. The molecule has 4 saturated carbocycles. The molecular weight excluding hydrogens is 825 g/mol. The Morgan fingerprint density at radius 2 is 1.11 bits per heavy atom. The van der Waals surface area contributed by atoms with Gasteiger partial charge in [0.1, 0.15) is 30.8 Å². The van der Waals surface area contributed by atoms with Crippen LogP contribution in [0.25, 0.3) is 11.4 Å². The van der Waals surface area contributed by atoms with Gasteiger partial charge in [-0.05, 0) is 97.6 Å². The van der Waals surface area contributed by atoms with E-state index in [2.05, 4.69) is 26.7 Å². The van der Waals surface area contributed by atoms with Gasteiger partial charge in [0.2, 0.25) is 0 Å².